The minimum Gasteiger partial charge on any atom is -0.493 e. The predicted octanol–water partition coefficient (Wildman–Crippen LogP) is 4.28. The molecule has 2 aromatic carbocycles. The van der Waals surface area contributed by atoms with Crippen molar-refractivity contribution in [3.05, 3.63) is 41.7 Å². The third-order valence-electron chi connectivity index (χ3n) is 2.85. The van der Waals surface area contributed by atoms with Crippen LogP contribution in [-0.4, -0.2) is 21.3 Å². The van der Waals surface area contributed by atoms with Crippen LogP contribution in [0.2, 0.25) is 0 Å². The highest BCUT2D eigenvalue weighted by Gasteiger charge is 2.18. The first kappa shape index (κ1) is 16.4. The lowest BCUT2D eigenvalue weighted by atomic mass is 10.3. The maximum absolute atomic E-state index is 13.3. The molecule has 0 saturated heterocycles. The molecule has 0 aliphatic heterocycles. The average molecular weight is 330 g/mol. The number of halogens is 3. The van der Waals surface area contributed by atoms with E-state index in [1.54, 1.807) is 12.1 Å². The molecule has 0 fully saturated rings. The van der Waals surface area contributed by atoms with Crippen molar-refractivity contribution in [1.29, 1.82) is 0 Å². The fourth-order valence-electron chi connectivity index (χ4n) is 1.87. The van der Waals surface area contributed by atoms with Gasteiger partial charge in [0.2, 0.25) is 5.75 Å². The summed E-state index contributed by atoms with van der Waals surface area (Å²) in [6.45, 7) is 0. The van der Waals surface area contributed by atoms with Crippen LogP contribution in [0.25, 0.3) is 0 Å². The second kappa shape index (κ2) is 6.83. The number of methoxy groups -OCH3 is 3. The van der Waals surface area contributed by atoms with Crippen molar-refractivity contribution >= 4 is 11.8 Å². The maximum atomic E-state index is 13.3. The van der Waals surface area contributed by atoms with E-state index in [4.69, 9.17) is 14.2 Å². The van der Waals surface area contributed by atoms with E-state index < -0.39 is 17.5 Å². The zero-order valence-electron chi connectivity index (χ0n) is 12.1. The molecule has 0 N–H and O–H groups in total. The molecule has 0 aromatic heterocycles. The lowest BCUT2D eigenvalue weighted by molar-refractivity contribution is 0.319. The van der Waals surface area contributed by atoms with Gasteiger partial charge < -0.3 is 14.2 Å². The molecular weight excluding hydrogens is 317 g/mol. The van der Waals surface area contributed by atoms with Crippen LogP contribution in [-0.2, 0) is 0 Å². The number of hydrogen-bond donors (Lipinski definition) is 0. The van der Waals surface area contributed by atoms with Gasteiger partial charge in [-0.25, -0.2) is 13.2 Å². The smallest absolute Gasteiger partial charge is 0.204 e. The topological polar surface area (TPSA) is 27.7 Å². The summed E-state index contributed by atoms with van der Waals surface area (Å²) in [5.74, 6) is -2.82. The average Bonchev–Trinajstić information content (AvgIpc) is 2.51. The molecule has 2 rings (SSSR count). The Bertz CT molecular complexity index is 669. The normalized spacial score (nSPS) is 10.5. The minimum atomic E-state index is -1.50. The molecule has 0 bridgehead atoms. The highest BCUT2D eigenvalue weighted by molar-refractivity contribution is 7.99. The van der Waals surface area contributed by atoms with Gasteiger partial charge in [0.1, 0.15) is 0 Å². The summed E-state index contributed by atoms with van der Waals surface area (Å²) in [5.41, 5.74) is 0. The molecule has 2 aromatic rings. The molecule has 0 aliphatic rings. The van der Waals surface area contributed by atoms with Crippen LogP contribution in [0.5, 0.6) is 17.2 Å². The molecule has 0 aliphatic carbocycles. The van der Waals surface area contributed by atoms with Gasteiger partial charge in [-0.1, -0.05) is 11.8 Å². The van der Waals surface area contributed by atoms with E-state index in [1.807, 2.05) is 0 Å². The molecule has 22 heavy (non-hydrogen) atoms. The molecule has 118 valence electrons. The Hall–Kier alpha value is -2.02. The van der Waals surface area contributed by atoms with Crippen LogP contribution in [0.15, 0.2) is 34.1 Å². The van der Waals surface area contributed by atoms with Crippen LogP contribution in [0.4, 0.5) is 13.2 Å². The van der Waals surface area contributed by atoms with Gasteiger partial charge >= 0.3 is 0 Å². The Balaban J connectivity index is 2.45. The van der Waals surface area contributed by atoms with Gasteiger partial charge in [-0.2, -0.15) is 0 Å². The third-order valence-corrected chi connectivity index (χ3v) is 3.87. The number of benzene rings is 2. The fraction of sp³-hybridized carbons (Fsp3) is 0.200. The van der Waals surface area contributed by atoms with E-state index in [1.165, 1.54) is 21.3 Å². The van der Waals surface area contributed by atoms with Crippen LogP contribution >= 0.6 is 11.8 Å². The second-order valence-electron chi connectivity index (χ2n) is 4.14. The lowest BCUT2D eigenvalue weighted by Crippen LogP contribution is -1.96. The summed E-state index contributed by atoms with van der Waals surface area (Å²) in [4.78, 5) is 0.743. The Kier molecular flexibility index (Phi) is 5.07. The zero-order valence-corrected chi connectivity index (χ0v) is 12.9. The first-order chi connectivity index (χ1) is 10.5. The summed E-state index contributed by atoms with van der Waals surface area (Å²) in [5, 5.41) is 0. The summed E-state index contributed by atoms with van der Waals surface area (Å²) in [6.07, 6.45) is 0. The summed E-state index contributed by atoms with van der Waals surface area (Å²) >= 11 is 1.02. The Labute approximate surface area is 130 Å². The minimum absolute atomic E-state index is 0.196. The van der Waals surface area contributed by atoms with Gasteiger partial charge in [0.05, 0.1) is 26.2 Å². The van der Waals surface area contributed by atoms with Crippen molar-refractivity contribution < 1.29 is 27.4 Å². The summed E-state index contributed by atoms with van der Waals surface area (Å²) in [7, 11) is 4.37. The van der Waals surface area contributed by atoms with Gasteiger partial charge in [0, 0.05) is 4.90 Å². The van der Waals surface area contributed by atoms with Crippen molar-refractivity contribution in [2.75, 3.05) is 21.3 Å². The Morgan fingerprint density at radius 2 is 1.41 bits per heavy atom. The van der Waals surface area contributed by atoms with Gasteiger partial charge in [-0.3, -0.25) is 0 Å². The molecular formula is C15H13F3O3S. The standard InChI is InChI=1S/C15H13F3O3S/c1-19-11-4-5-12(15(21-3)14(11)20-2)22-8-6-9(16)13(18)10(17)7-8/h4-7H,1-3H3. The monoisotopic (exact) mass is 330 g/mol. The highest BCUT2D eigenvalue weighted by Crippen LogP contribution is 2.46. The lowest BCUT2D eigenvalue weighted by Gasteiger charge is -2.15. The van der Waals surface area contributed by atoms with E-state index in [0.29, 0.717) is 22.1 Å². The summed E-state index contributed by atoms with van der Waals surface area (Å²) < 4.78 is 55.2. The second-order valence-corrected chi connectivity index (χ2v) is 5.25. The molecule has 0 amide bonds. The quantitative estimate of drug-likeness (QED) is 0.765. The fourth-order valence-corrected chi connectivity index (χ4v) is 2.86. The zero-order chi connectivity index (χ0) is 16.3. The van der Waals surface area contributed by atoms with E-state index in [2.05, 4.69) is 0 Å². The summed E-state index contributed by atoms with van der Waals surface area (Å²) in [6, 6.07) is 5.13. The number of ether oxygens (including phenoxy) is 3. The number of rotatable bonds is 5. The molecule has 0 radical (unpaired) electrons. The molecule has 0 unspecified atom stereocenters. The molecule has 0 spiro atoms. The van der Waals surface area contributed by atoms with Gasteiger partial charge in [-0.05, 0) is 24.3 Å². The molecule has 0 atom stereocenters. The van der Waals surface area contributed by atoms with Gasteiger partial charge in [0.15, 0.2) is 29.0 Å². The van der Waals surface area contributed by atoms with E-state index >= 15 is 0 Å². The van der Waals surface area contributed by atoms with Crippen LogP contribution in [0, 0.1) is 17.5 Å². The number of hydrogen-bond acceptors (Lipinski definition) is 4. The van der Waals surface area contributed by atoms with Crippen molar-refractivity contribution in [3.8, 4) is 17.2 Å². The predicted molar refractivity (Wildman–Crippen MR) is 76.5 cm³/mol. The molecule has 7 heteroatoms. The first-order valence-electron chi connectivity index (χ1n) is 6.13. The van der Waals surface area contributed by atoms with Crippen molar-refractivity contribution in [2.24, 2.45) is 0 Å². The van der Waals surface area contributed by atoms with E-state index in [9.17, 15) is 13.2 Å². The van der Waals surface area contributed by atoms with Crippen LogP contribution in [0.3, 0.4) is 0 Å². The Morgan fingerprint density at radius 1 is 0.818 bits per heavy atom. The highest BCUT2D eigenvalue weighted by atomic mass is 32.2. The van der Waals surface area contributed by atoms with Crippen molar-refractivity contribution in [3.63, 3.8) is 0 Å². The van der Waals surface area contributed by atoms with Crippen LogP contribution in [0.1, 0.15) is 0 Å². The largest absolute Gasteiger partial charge is 0.493 e. The van der Waals surface area contributed by atoms with E-state index in [-0.39, 0.29) is 4.90 Å². The van der Waals surface area contributed by atoms with E-state index in [0.717, 1.165) is 23.9 Å². The molecule has 3 nitrogen and oxygen atoms in total. The van der Waals surface area contributed by atoms with Crippen molar-refractivity contribution in [2.45, 2.75) is 9.79 Å². The third kappa shape index (κ3) is 3.09. The van der Waals surface area contributed by atoms with Gasteiger partial charge in [-0.15, -0.1) is 0 Å². The Morgan fingerprint density at radius 3 is 1.91 bits per heavy atom. The van der Waals surface area contributed by atoms with Crippen molar-refractivity contribution in [1.82, 2.24) is 0 Å². The molecule has 0 saturated carbocycles. The SMILES string of the molecule is COc1ccc(Sc2cc(F)c(F)c(F)c2)c(OC)c1OC. The first-order valence-corrected chi connectivity index (χ1v) is 6.94. The van der Waals surface area contributed by atoms with Gasteiger partial charge in [0.25, 0.3) is 0 Å². The maximum Gasteiger partial charge on any atom is 0.204 e. The molecule has 0 heterocycles. The van der Waals surface area contributed by atoms with Crippen LogP contribution < -0.4 is 14.2 Å².